The van der Waals surface area contributed by atoms with Gasteiger partial charge >= 0.3 is 0 Å². The number of nitrogens with one attached hydrogen (secondary N) is 1. The molecule has 1 atom stereocenters. The fourth-order valence-electron chi connectivity index (χ4n) is 2.66. The van der Waals surface area contributed by atoms with Crippen molar-refractivity contribution < 1.29 is 9.59 Å². The summed E-state index contributed by atoms with van der Waals surface area (Å²) in [6.07, 6.45) is 4.89. The average Bonchev–Trinajstić information content (AvgIpc) is 2.78. The first-order valence-corrected chi connectivity index (χ1v) is 6.92. The second-order valence-corrected chi connectivity index (χ2v) is 5.75. The van der Waals surface area contributed by atoms with E-state index in [0.717, 1.165) is 0 Å². The van der Waals surface area contributed by atoms with E-state index in [1.165, 1.54) is 32.6 Å². The van der Waals surface area contributed by atoms with Crippen LogP contribution in [0.25, 0.3) is 0 Å². The Morgan fingerprint density at radius 1 is 1.28 bits per heavy atom. The molecule has 0 aromatic rings. The first-order valence-electron chi connectivity index (χ1n) is 6.92. The quantitative estimate of drug-likeness (QED) is 0.783. The molecule has 0 bridgehead atoms. The monoisotopic (exact) mass is 254 g/mol. The number of nitrogens with zero attached hydrogens (tertiary/aromatic N) is 1. The standard InChI is InChI=1S/C14H26N2O2/c1-10(2)14(11(3)17)15-13(18)9-16(4)12-7-5-6-8-12/h10,12,14H,5-9H2,1-4H3,(H,15,18). The van der Waals surface area contributed by atoms with Crippen LogP contribution < -0.4 is 5.32 Å². The molecule has 1 saturated carbocycles. The molecule has 1 N–H and O–H groups in total. The number of Topliss-reactive ketones (excluding diaryl/α,β-unsaturated/α-hetero) is 1. The van der Waals surface area contributed by atoms with E-state index in [-0.39, 0.29) is 23.7 Å². The van der Waals surface area contributed by atoms with Gasteiger partial charge in [0.2, 0.25) is 5.91 Å². The number of carbonyl (C=O) groups is 2. The summed E-state index contributed by atoms with van der Waals surface area (Å²) in [5.74, 6) is 0.128. The highest BCUT2D eigenvalue weighted by atomic mass is 16.2. The third-order valence-electron chi connectivity index (χ3n) is 3.76. The summed E-state index contributed by atoms with van der Waals surface area (Å²) < 4.78 is 0. The number of carbonyl (C=O) groups excluding carboxylic acids is 2. The molecule has 0 radical (unpaired) electrons. The molecule has 4 nitrogen and oxygen atoms in total. The zero-order valence-corrected chi connectivity index (χ0v) is 12.0. The van der Waals surface area contributed by atoms with Crippen molar-refractivity contribution in [3.63, 3.8) is 0 Å². The Balaban J connectivity index is 2.42. The van der Waals surface area contributed by atoms with E-state index in [2.05, 4.69) is 10.2 Å². The summed E-state index contributed by atoms with van der Waals surface area (Å²) in [5.41, 5.74) is 0. The van der Waals surface area contributed by atoms with Gasteiger partial charge in [-0.05, 0) is 32.7 Å². The van der Waals surface area contributed by atoms with Crippen molar-refractivity contribution in [2.45, 2.75) is 58.5 Å². The maximum absolute atomic E-state index is 11.9. The lowest BCUT2D eigenvalue weighted by Gasteiger charge is -2.25. The normalized spacial score (nSPS) is 18.3. The van der Waals surface area contributed by atoms with E-state index in [1.807, 2.05) is 20.9 Å². The third-order valence-corrected chi connectivity index (χ3v) is 3.76. The van der Waals surface area contributed by atoms with Crippen LogP contribution in [0, 0.1) is 5.92 Å². The molecule has 0 saturated heterocycles. The molecule has 1 amide bonds. The Morgan fingerprint density at radius 2 is 1.83 bits per heavy atom. The predicted molar refractivity (Wildman–Crippen MR) is 72.3 cm³/mol. The Hall–Kier alpha value is -0.900. The Kier molecular flexibility index (Phi) is 5.79. The summed E-state index contributed by atoms with van der Waals surface area (Å²) in [5, 5.41) is 2.84. The minimum atomic E-state index is -0.352. The molecular formula is C14H26N2O2. The number of hydrogen-bond donors (Lipinski definition) is 1. The molecule has 0 heterocycles. The Labute approximate surface area is 110 Å². The van der Waals surface area contributed by atoms with Gasteiger partial charge in [0.05, 0.1) is 12.6 Å². The maximum Gasteiger partial charge on any atom is 0.234 e. The number of ketones is 1. The lowest BCUT2D eigenvalue weighted by atomic mass is 10.0. The third kappa shape index (κ3) is 4.41. The molecule has 104 valence electrons. The number of likely N-dealkylation sites (N-methyl/N-ethyl adjacent to an activating group) is 1. The van der Waals surface area contributed by atoms with E-state index in [0.29, 0.717) is 12.6 Å². The Bertz CT molecular complexity index is 296. The lowest BCUT2D eigenvalue weighted by Crippen LogP contribution is -2.48. The van der Waals surface area contributed by atoms with E-state index >= 15 is 0 Å². The van der Waals surface area contributed by atoms with Gasteiger partial charge in [0.1, 0.15) is 0 Å². The van der Waals surface area contributed by atoms with Crippen molar-refractivity contribution in [1.82, 2.24) is 10.2 Å². The van der Waals surface area contributed by atoms with Gasteiger partial charge < -0.3 is 5.32 Å². The number of rotatable bonds is 6. The van der Waals surface area contributed by atoms with Crippen LogP contribution in [0.2, 0.25) is 0 Å². The maximum atomic E-state index is 11.9. The second kappa shape index (κ2) is 6.88. The van der Waals surface area contributed by atoms with Crippen molar-refractivity contribution >= 4 is 11.7 Å². The van der Waals surface area contributed by atoms with Crippen molar-refractivity contribution in [2.24, 2.45) is 5.92 Å². The van der Waals surface area contributed by atoms with Crippen molar-refractivity contribution in [3.8, 4) is 0 Å². The van der Waals surface area contributed by atoms with Gasteiger partial charge in [0.25, 0.3) is 0 Å². The average molecular weight is 254 g/mol. The fourth-order valence-corrected chi connectivity index (χ4v) is 2.66. The van der Waals surface area contributed by atoms with Crippen LogP contribution in [-0.2, 0) is 9.59 Å². The van der Waals surface area contributed by atoms with Gasteiger partial charge in [-0.3, -0.25) is 14.5 Å². The van der Waals surface area contributed by atoms with Crippen LogP contribution in [0.5, 0.6) is 0 Å². The highest BCUT2D eigenvalue weighted by Gasteiger charge is 2.24. The smallest absolute Gasteiger partial charge is 0.234 e. The summed E-state index contributed by atoms with van der Waals surface area (Å²) in [4.78, 5) is 25.5. The van der Waals surface area contributed by atoms with Crippen molar-refractivity contribution in [1.29, 1.82) is 0 Å². The summed E-state index contributed by atoms with van der Waals surface area (Å²) in [6, 6.07) is 0.181. The summed E-state index contributed by atoms with van der Waals surface area (Å²) >= 11 is 0. The molecule has 1 aliphatic rings. The Morgan fingerprint density at radius 3 is 2.28 bits per heavy atom. The molecule has 1 rings (SSSR count). The molecule has 18 heavy (non-hydrogen) atoms. The summed E-state index contributed by atoms with van der Waals surface area (Å²) in [6.45, 7) is 5.83. The van der Waals surface area contributed by atoms with Gasteiger partial charge in [0, 0.05) is 6.04 Å². The van der Waals surface area contributed by atoms with E-state index in [9.17, 15) is 9.59 Å². The molecule has 1 fully saturated rings. The topological polar surface area (TPSA) is 49.4 Å². The zero-order chi connectivity index (χ0) is 13.7. The highest BCUT2D eigenvalue weighted by Crippen LogP contribution is 2.21. The molecule has 0 aromatic heterocycles. The van der Waals surface area contributed by atoms with Gasteiger partial charge in [-0.1, -0.05) is 26.7 Å². The second-order valence-electron chi connectivity index (χ2n) is 5.75. The van der Waals surface area contributed by atoms with Crippen LogP contribution in [0.1, 0.15) is 46.5 Å². The molecule has 4 heteroatoms. The fraction of sp³-hybridized carbons (Fsp3) is 0.857. The first-order chi connectivity index (χ1) is 8.41. The minimum absolute atomic E-state index is 0.0295. The first kappa shape index (κ1) is 15.2. The van der Waals surface area contributed by atoms with Gasteiger partial charge in [0.15, 0.2) is 5.78 Å². The van der Waals surface area contributed by atoms with Gasteiger partial charge in [-0.2, -0.15) is 0 Å². The van der Waals surface area contributed by atoms with Crippen LogP contribution in [-0.4, -0.2) is 42.3 Å². The lowest BCUT2D eigenvalue weighted by molar-refractivity contribution is -0.128. The molecule has 0 spiro atoms. The van der Waals surface area contributed by atoms with Crippen LogP contribution in [0.4, 0.5) is 0 Å². The van der Waals surface area contributed by atoms with Crippen molar-refractivity contribution in [2.75, 3.05) is 13.6 Å². The van der Waals surface area contributed by atoms with Crippen molar-refractivity contribution in [3.05, 3.63) is 0 Å². The highest BCUT2D eigenvalue weighted by molar-refractivity contribution is 5.88. The molecular weight excluding hydrogens is 228 g/mol. The van der Waals surface area contributed by atoms with E-state index in [1.54, 1.807) is 0 Å². The largest absolute Gasteiger partial charge is 0.345 e. The summed E-state index contributed by atoms with van der Waals surface area (Å²) in [7, 11) is 1.99. The minimum Gasteiger partial charge on any atom is -0.345 e. The van der Waals surface area contributed by atoms with Gasteiger partial charge in [-0.25, -0.2) is 0 Å². The molecule has 1 aliphatic carbocycles. The SMILES string of the molecule is CC(=O)C(NC(=O)CN(C)C1CCCC1)C(C)C. The molecule has 0 aliphatic heterocycles. The molecule has 1 unspecified atom stereocenters. The van der Waals surface area contributed by atoms with Crippen LogP contribution in [0.3, 0.4) is 0 Å². The van der Waals surface area contributed by atoms with Gasteiger partial charge in [-0.15, -0.1) is 0 Å². The molecule has 0 aromatic carbocycles. The van der Waals surface area contributed by atoms with E-state index < -0.39 is 0 Å². The van der Waals surface area contributed by atoms with E-state index in [4.69, 9.17) is 0 Å². The predicted octanol–water partition coefficient (Wildman–Crippen LogP) is 1.59. The van der Waals surface area contributed by atoms with Crippen LogP contribution in [0.15, 0.2) is 0 Å². The zero-order valence-electron chi connectivity index (χ0n) is 12.0. The number of hydrogen-bond acceptors (Lipinski definition) is 3. The van der Waals surface area contributed by atoms with Crippen LogP contribution >= 0.6 is 0 Å². The number of amides is 1.